The number of carbonyl (C=O) groups is 1. The van der Waals surface area contributed by atoms with Crippen molar-refractivity contribution in [1.82, 2.24) is 15.1 Å². The summed E-state index contributed by atoms with van der Waals surface area (Å²) in [6.07, 6.45) is 1.85. The van der Waals surface area contributed by atoms with Crippen LogP contribution in [-0.4, -0.2) is 22.2 Å². The number of nitrogens with zero attached hydrogens (tertiary/aromatic N) is 3. The van der Waals surface area contributed by atoms with Gasteiger partial charge < -0.3 is 5.32 Å². The van der Waals surface area contributed by atoms with Crippen LogP contribution in [0.5, 0.6) is 0 Å². The third-order valence-corrected chi connectivity index (χ3v) is 2.00. The van der Waals surface area contributed by atoms with E-state index in [1.54, 1.807) is 11.7 Å². The Kier molecular flexibility index (Phi) is 3.24. The molecule has 5 heteroatoms. The molecular weight excluding hydrogens is 180 g/mol. The van der Waals surface area contributed by atoms with Gasteiger partial charge >= 0.3 is 0 Å². The lowest BCUT2D eigenvalue weighted by Gasteiger charge is -2.01. The van der Waals surface area contributed by atoms with Crippen molar-refractivity contribution in [3.8, 4) is 6.07 Å². The monoisotopic (exact) mass is 192 g/mol. The molecule has 0 fully saturated rings. The summed E-state index contributed by atoms with van der Waals surface area (Å²) in [5.41, 5.74) is 1.38. The highest BCUT2D eigenvalue weighted by Crippen LogP contribution is 2.04. The van der Waals surface area contributed by atoms with E-state index in [9.17, 15) is 4.79 Å². The number of rotatable bonds is 3. The zero-order valence-corrected chi connectivity index (χ0v) is 8.24. The molecule has 1 aromatic heterocycles. The molecule has 1 heterocycles. The molecule has 1 amide bonds. The summed E-state index contributed by atoms with van der Waals surface area (Å²) < 4.78 is 1.64. The first-order chi connectivity index (χ1) is 6.66. The summed E-state index contributed by atoms with van der Waals surface area (Å²) in [6, 6.07) is 1.96. The normalized spacial score (nSPS) is 9.50. The van der Waals surface area contributed by atoms with E-state index in [1.807, 2.05) is 13.0 Å². The summed E-state index contributed by atoms with van der Waals surface area (Å²) in [6.45, 7) is 2.20. The van der Waals surface area contributed by atoms with Crippen molar-refractivity contribution in [3.63, 3.8) is 0 Å². The van der Waals surface area contributed by atoms with Gasteiger partial charge in [0, 0.05) is 19.3 Å². The van der Waals surface area contributed by atoms with E-state index in [0.717, 1.165) is 5.69 Å². The number of aromatic nitrogens is 2. The molecule has 0 aliphatic rings. The molecule has 0 aliphatic carbocycles. The largest absolute Gasteiger partial charge is 0.351 e. The summed E-state index contributed by atoms with van der Waals surface area (Å²) in [5.74, 6) is -0.175. The number of nitrogens with one attached hydrogen (secondary N) is 1. The van der Waals surface area contributed by atoms with Gasteiger partial charge in [0.2, 0.25) is 0 Å². The number of carbonyl (C=O) groups excluding carboxylic acids is 1. The van der Waals surface area contributed by atoms with Crippen molar-refractivity contribution in [2.45, 2.75) is 13.3 Å². The highest BCUT2D eigenvalue weighted by molar-refractivity contribution is 5.94. The second kappa shape index (κ2) is 4.42. The average molecular weight is 192 g/mol. The zero-order chi connectivity index (χ0) is 10.6. The molecule has 5 nitrogen and oxygen atoms in total. The fourth-order valence-corrected chi connectivity index (χ4v) is 1.05. The molecule has 14 heavy (non-hydrogen) atoms. The Morgan fingerprint density at radius 3 is 3.00 bits per heavy atom. The zero-order valence-electron chi connectivity index (χ0n) is 8.24. The lowest BCUT2D eigenvalue weighted by Crippen LogP contribution is -2.24. The van der Waals surface area contributed by atoms with Gasteiger partial charge in [-0.05, 0) is 6.92 Å². The molecular formula is C9H12N4O. The Balaban J connectivity index is 2.62. The molecule has 1 aromatic rings. The second-order valence-electron chi connectivity index (χ2n) is 2.93. The van der Waals surface area contributed by atoms with E-state index in [1.165, 1.54) is 6.20 Å². The Hall–Kier alpha value is -1.83. The van der Waals surface area contributed by atoms with Crippen LogP contribution in [0.1, 0.15) is 22.5 Å². The molecule has 0 radical (unpaired) electrons. The van der Waals surface area contributed by atoms with Crippen LogP contribution in [0.4, 0.5) is 0 Å². The van der Waals surface area contributed by atoms with E-state index >= 15 is 0 Å². The van der Waals surface area contributed by atoms with Crippen molar-refractivity contribution in [1.29, 1.82) is 5.26 Å². The van der Waals surface area contributed by atoms with E-state index in [-0.39, 0.29) is 5.91 Å². The van der Waals surface area contributed by atoms with Crippen molar-refractivity contribution in [2.75, 3.05) is 6.54 Å². The van der Waals surface area contributed by atoms with Gasteiger partial charge in [0.25, 0.3) is 5.91 Å². The Morgan fingerprint density at radius 2 is 2.50 bits per heavy atom. The molecule has 0 unspecified atom stereocenters. The maximum atomic E-state index is 11.5. The van der Waals surface area contributed by atoms with Crippen molar-refractivity contribution in [2.24, 2.45) is 7.05 Å². The minimum Gasteiger partial charge on any atom is -0.351 e. The van der Waals surface area contributed by atoms with Crippen LogP contribution in [0.25, 0.3) is 0 Å². The van der Waals surface area contributed by atoms with Gasteiger partial charge in [0.05, 0.1) is 24.3 Å². The average Bonchev–Trinajstić information content (AvgIpc) is 2.48. The predicted molar refractivity (Wildman–Crippen MR) is 50.5 cm³/mol. The fraction of sp³-hybridized carbons (Fsp3) is 0.444. The van der Waals surface area contributed by atoms with Gasteiger partial charge in [-0.15, -0.1) is 0 Å². The number of hydrogen-bond acceptors (Lipinski definition) is 3. The van der Waals surface area contributed by atoms with Crippen LogP contribution in [0.15, 0.2) is 6.20 Å². The molecule has 1 N–H and O–H groups in total. The van der Waals surface area contributed by atoms with Crippen molar-refractivity contribution < 1.29 is 4.79 Å². The lowest BCUT2D eigenvalue weighted by atomic mass is 10.2. The highest BCUT2D eigenvalue weighted by atomic mass is 16.1. The van der Waals surface area contributed by atoms with Crippen LogP contribution >= 0.6 is 0 Å². The van der Waals surface area contributed by atoms with Gasteiger partial charge in [0.1, 0.15) is 0 Å². The summed E-state index contributed by atoms with van der Waals surface area (Å²) >= 11 is 0. The molecule has 0 atom stereocenters. The van der Waals surface area contributed by atoms with Crippen molar-refractivity contribution >= 4 is 5.91 Å². The summed E-state index contributed by atoms with van der Waals surface area (Å²) in [7, 11) is 1.78. The maximum Gasteiger partial charge on any atom is 0.254 e. The van der Waals surface area contributed by atoms with E-state index in [2.05, 4.69) is 10.4 Å². The Morgan fingerprint density at radius 1 is 1.79 bits per heavy atom. The Labute approximate surface area is 82.3 Å². The molecule has 0 bridgehead atoms. The number of hydrogen-bond donors (Lipinski definition) is 1. The molecule has 0 spiro atoms. The molecule has 0 saturated heterocycles. The van der Waals surface area contributed by atoms with Gasteiger partial charge in [-0.1, -0.05) is 0 Å². The van der Waals surface area contributed by atoms with Crippen LogP contribution in [0.3, 0.4) is 0 Å². The van der Waals surface area contributed by atoms with E-state index in [4.69, 9.17) is 5.26 Å². The lowest BCUT2D eigenvalue weighted by molar-refractivity contribution is 0.0954. The maximum absolute atomic E-state index is 11.5. The highest BCUT2D eigenvalue weighted by Gasteiger charge is 2.11. The summed E-state index contributed by atoms with van der Waals surface area (Å²) in [4.78, 5) is 11.5. The third-order valence-electron chi connectivity index (χ3n) is 2.00. The number of nitriles is 1. The van der Waals surface area contributed by atoms with Gasteiger partial charge in [-0.3, -0.25) is 9.48 Å². The van der Waals surface area contributed by atoms with Gasteiger partial charge in [-0.2, -0.15) is 10.4 Å². The number of amides is 1. The topological polar surface area (TPSA) is 70.7 Å². The van der Waals surface area contributed by atoms with Crippen LogP contribution in [0, 0.1) is 18.3 Å². The van der Waals surface area contributed by atoms with Crippen molar-refractivity contribution in [3.05, 3.63) is 17.5 Å². The van der Waals surface area contributed by atoms with E-state index < -0.39 is 0 Å². The SMILES string of the molecule is Cc1c(C(=O)NCCC#N)cnn1C. The molecule has 0 aromatic carbocycles. The predicted octanol–water partition coefficient (Wildman–Crippen LogP) is 0.372. The standard InChI is InChI=1S/C9H12N4O/c1-7-8(6-12-13(7)2)9(14)11-5-3-4-10/h6H,3,5H2,1-2H3,(H,11,14). The molecule has 74 valence electrons. The van der Waals surface area contributed by atoms with Crippen LogP contribution in [0.2, 0.25) is 0 Å². The van der Waals surface area contributed by atoms with Crippen LogP contribution in [-0.2, 0) is 7.05 Å². The minimum atomic E-state index is -0.175. The van der Waals surface area contributed by atoms with Crippen LogP contribution < -0.4 is 5.32 Å². The first-order valence-corrected chi connectivity index (χ1v) is 4.30. The smallest absolute Gasteiger partial charge is 0.254 e. The van der Waals surface area contributed by atoms with Gasteiger partial charge in [-0.25, -0.2) is 0 Å². The first kappa shape index (κ1) is 10.3. The summed E-state index contributed by atoms with van der Waals surface area (Å²) in [5, 5.41) is 14.9. The Bertz CT molecular complexity index is 375. The third kappa shape index (κ3) is 2.10. The molecule has 0 aliphatic heterocycles. The minimum absolute atomic E-state index is 0.175. The molecule has 1 rings (SSSR count). The quantitative estimate of drug-likeness (QED) is 0.703. The fourth-order valence-electron chi connectivity index (χ4n) is 1.05. The number of aryl methyl sites for hydroxylation is 1. The second-order valence-corrected chi connectivity index (χ2v) is 2.93. The van der Waals surface area contributed by atoms with Gasteiger partial charge in [0.15, 0.2) is 0 Å². The first-order valence-electron chi connectivity index (χ1n) is 4.30. The van der Waals surface area contributed by atoms with E-state index in [0.29, 0.717) is 18.5 Å². The molecule has 0 saturated carbocycles.